The predicted octanol–water partition coefficient (Wildman–Crippen LogP) is 3.24. The van der Waals surface area contributed by atoms with Crippen molar-refractivity contribution in [3.05, 3.63) is 0 Å². The lowest BCUT2D eigenvalue weighted by molar-refractivity contribution is -0.183. The van der Waals surface area contributed by atoms with Gasteiger partial charge in [-0.25, -0.2) is 0 Å². The number of rotatable bonds is 10. The lowest BCUT2D eigenvalue weighted by Gasteiger charge is -2.30. The highest BCUT2D eigenvalue weighted by atomic mass is 16.7. The summed E-state index contributed by atoms with van der Waals surface area (Å²) in [6.45, 7) is 7.75. The standard InChI is InChI=1S/C12H25BO2/c1-4-7-10-14-12(13,9-6-3)15-11-8-5-2/h4-11H2,1-3H3. The van der Waals surface area contributed by atoms with E-state index >= 15 is 0 Å². The van der Waals surface area contributed by atoms with Gasteiger partial charge in [0, 0.05) is 13.2 Å². The summed E-state index contributed by atoms with van der Waals surface area (Å²) in [5.74, 6) is 0. The summed E-state index contributed by atoms with van der Waals surface area (Å²) < 4.78 is 11.2. The van der Waals surface area contributed by atoms with Gasteiger partial charge in [-0.15, -0.1) is 0 Å². The van der Waals surface area contributed by atoms with Crippen molar-refractivity contribution < 1.29 is 9.47 Å². The molecule has 0 aliphatic rings. The molecule has 0 aliphatic carbocycles. The van der Waals surface area contributed by atoms with Gasteiger partial charge in [0.05, 0.1) is 0 Å². The third kappa shape index (κ3) is 7.86. The van der Waals surface area contributed by atoms with Crippen molar-refractivity contribution in [1.29, 1.82) is 0 Å². The van der Waals surface area contributed by atoms with E-state index in [1.165, 1.54) is 0 Å². The van der Waals surface area contributed by atoms with Crippen LogP contribution in [0.5, 0.6) is 0 Å². The Morgan fingerprint density at radius 3 is 1.67 bits per heavy atom. The molecular weight excluding hydrogens is 187 g/mol. The van der Waals surface area contributed by atoms with Gasteiger partial charge >= 0.3 is 0 Å². The Labute approximate surface area is 96.1 Å². The molecule has 0 atom stereocenters. The largest absolute Gasteiger partial charge is 0.360 e. The molecule has 0 amide bonds. The average molecular weight is 212 g/mol. The Balaban J connectivity index is 3.83. The zero-order valence-corrected chi connectivity index (χ0v) is 10.6. The van der Waals surface area contributed by atoms with Gasteiger partial charge in [-0.05, 0) is 19.3 Å². The first kappa shape index (κ1) is 15.0. The first-order valence-electron chi connectivity index (χ1n) is 6.25. The maximum absolute atomic E-state index is 6.05. The predicted molar refractivity (Wildman–Crippen MR) is 65.1 cm³/mol. The molecule has 3 heteroatoms. The van der Waals surface area contributed by atoms with Crippen LogP contribution in [0.1, 0.15) is 59.3 Å². The van der Waals surface area contributed by atoms with Crippen LogP contribution in [-0.4, -0.2) is 26.7 Å². The summed E-state index contributed by atoms with van der Waals surface area (Å²) in [5, 5.41) is 0. The summed E-state index contributed by atoms with van der Waals surface area (Å²) in [6.07, 6.45) is 6.07. The molecule has 0 unspecified atom stereocenters. The van der Waals surface area contributed by atoms with Crippen molar-refractivity contribution >= 4 is 7.85 Å². The van der Waals surface area contributed by atoms with E-state index < -0.39 is 5.69 Å². The second-order valence-corrected chi connectivity index (χ2v) is 3.97. The normalized spacial score (nSPS) is 11.9. The lowest BCUT2D eigenvalue weighted by atomic mass is 9.89. The van der Waals surface area contributed by atoms with Crippen LogP contribution in [0.15, 0.2) is 0 Å². The topological polar surface area (TPSA) is 18.5 Å². The second kappa shape index (κ2) is 9.23. The number of ether oxygens (including phenoxy) is 2. The molecule has 2 radical (unpaired) electrons. The van der Waals surface area contributed by atoms with E-state index in [1.807, 2.05) is 0 Å². The van der Waals surface area contributed by atoms with Crippen molar-refractivity contribution in [1.82, 2.24) is 0 Å². The Kier molecular flexibility index (Phi) is 9.22. The van der Waals surface area contributed by atoms with E-state index in [0.717, 1.165) is 38.5 Å². The third-order valence-corrected chi connectivity index (χ3v) is 2.29. The molecule has 0 aromatic heterocycles. The quantitative estimate of drug-likeness (QED) is 0.314. The molecule has 0 saturated carbocycles. The van der Waals surface area contributed by atoms with Gasteiger partial charge in [-0.1, -0.05) is 40.0 Å². The molecule has 2 nitrogen and oxygen atoms in total. The molecule has 0 aromatic rings. The zero-order chi connectivity index (χ0) is 11.6. The molecule has 0 fully saturated rings. The highest BCUT2D eigenvalue weighted by molar-refractivity contribution is 6.13. The lowest BCUT2D eigenvalue weighted by Crippen LogP contribution is -2.37. The minimum absolute atomic E-state index is 0.694. The number of hydrogen-bond donors (Lipinski definition) is 0. The summed E-state index contributed by atoms with van der Waals surface area (Å²) in [5.41, 5.74) is -0.848. The Hall–Kier alpha value is -0.0151. The van der Waals surface area contributed by atoms with Gasteiger partial charge in [0.15, 0.2) is 7.85 Å². The monoisotopic (exact) mass is 212 g/mol. The van der Waals surface area contributed by atoms with Crippen molar-refractivity contribution in [2.24, 2.45) is 0 Å². The fourth-order valence-corrected chi connectivity index (χ4v) is 1.31. The van der Waals surface area contributed by atoms with E-state index in [4.69, 9.17) is 17.3 Å². The first-order chi connectivity index (χ1) is 7.18. The summed E-state index contributed by atoms with van der Waals surface area (Å²) >= 11 is 0. The maximum Gasteiger partial charge on any atom is 0.154 e. The molecule has 0 saturated heterocycles. The van der Waals surface area contributed by atoms with Crippen LogP contribution in [0.3, 0.4) is 0 Å². The van der Waals surface area contributed by atoms with E-state index in [-0.39, 0.29) is 0 Å². The molecule has 0 heterocycles. The Bertz CT molecular complexity index is 130. The molecule has 0 N–H and O–H groups in total. The number of unbranched alkanes of at least 4 members (excludes halogenated alkanes) is 2. The van der Waals surface area contributed by atoms with Crippen LogP contribution in [0, 0.1) is 0 Å². The molecule has 15 heavy (non-hydrogen) atoms. The van der Waals surface area contributed by atoms with Crippen molar-refractivity contribution in [2.75, 3.05) is 13.2 Å². The van der Waals surface area contributed by atoms with Gasteiger partial charge in [-0.3, -0.25) is 0 Å². The van der Waals surface area contributed by atoms with Crippen molar-refractivity contribution in [2.45, 2.75) is 65.0 Å². The summed E-state index contributed by atoms with van der Waals surface area (Å²) in [7, 11) is 6.05. The molecule has 0 bridgehead atoms. The van der Waals surface area contributed by atoms with Gasteiger partial charge in [0.25, 0.3) is 0 Å². The first-order valence-corrected chi connectivity index (χ1v) is 6.25. The average Bonchev–Trinajstić information content (AvgIpc) is 2.19. The van der Waals surface area contributed by atoms with E-state index in [1.54, 1.807) is 0 Å². The highest BCUT2D eigenvalue weighted by Gasteiger charge is 2.23. The van der Waals surface area contributed by atoms with Crippen LogP contribution in [0.25, 0.3) is 0 Å². The van der Waals surface area contributed by atoms with E-state index in [2.05, 4.69) is 20.8 Å². The zero-order valence-electron chi connectivity index (χ0n) is 10.6. The summed E-state index contributed by atoms with van der Waals surface area (Å²) in [4.78, 5) is 0. The highest BCUT2D eigenvalue weighted by Crippen LogP contribution is 2.17. The molecule has 0 spiro atoms. The smallest absolute Gasteiger partial charge is 0.154 e. The second-order valence-electron chi connectivity index (χ2n) is 3.97. The fraction of sp³-hybridized carbons (Fsp3) is 1.00. The molecule has 0 rings (SSSR count). The van der Waals surface area contributed by atoms with Crippen molar-refractivity contribution in [3.63, 3.8) is 0 Å². The fourth-order valence-electron chi connectivity index (χ4n) is 1.31. The molecular formula is C12H25BO2. The molecule has 88 valence electrons. The minimum Gasteiger partial charge on any atom is -0.360 e. The van der Waals surface area contributed by atoms with E-state index in [0.29, 0.717) is 13.2 Å². The van der Waals surface area contributed by atoms with Crippen LogP contribution in [0.4, 0.5) is 0 Å². The van der Waals surface area contributed by atoms with Crippen LogP contribution >= 0.6 is 0 Å². The van der Waals surface area contributed by atoms with E-state index in [9.17, 15) is 0 Å². The van der Waals surface area contributed by atoms with Crippen LogP contribution in [-0.2, 0) is 9.47 Å². The molecule has 0 aliphatic heterocycles. The van der Waals surface area contributed by atoms with Gasteiger partial charge in [0.1, 0.15) is 5.69 Å². The van der Waals surface area contributed by atoms with Crippen LogP contribution < -0.4 is 0 Å². The van der Waals surface area contributed by atoms with Crippen LogP contribution in [0.2, 0.25) is 0 Å². The molecule has 0 aromatic carbocycles. The van der Waals surface area contributed by atoms with Gasteiger partial charge in [0.2, 0.25) is 0 Å². The minimum atomic E-state index is -0.848. The SMILES string of the molecule is [B]C(CCC)(OCCCC)OCCCC. The maximum atomic E-state index is 6.05. The number of hydrogen-bond acceptors (Lipinski definition) is 2. The third-order valence-electron chi connectivity index (χ3n) is 2.29. The summed E-state index contributed by atoms with van der Waals surface area (Å²) in [6, 6.07) is 0. The van der Waals surface area contributed by atoms with Crippen molar-refractivity contribution in [3.8, 4) is 0 Å². The Morgan fingerprint density at radius 1 is 0.867 bits per heavy atom. The van der Waals surface area contributed by atoms with Gasteiger partial charge < -0.3 is 9.47 Å². The Morgan fingerprint density at radius 2 is 1.33 bits per heavy atom. The van der Waals surface area contributed by atoms with Gasteiger partial charge in [-0.2, -0.15) is 0 Å².